The molecule has 2 fully saturated rings. The summed E-state index contributed by atoms with van der Waals surface area (Å²) in [6.45, 7) is 4.46. The van der Waals surface area contributed by atoms with E-state index in [9.17, 15) is 17.6 Å². The topological polar surface area (TPSA) is 79.0 Å². The van der Waals surface area contributed by atoms with E-state index in [4.69, 9.17) is 27.9 Å². The third kappa shape index (κ3) is 6.20. The van der Waals surface area contributed by atoms with Crippen molar-refractivity contribution in [2.75, 3.05) is 26.2 Å². The molecule has 0 atom stereocenters. The molecule has 2 aliphatic rings. The SMILES string of the molecule is Cc1ccc(S(=O)(=O)NC(=O)N2CCC(N3CCC(Oc4ccc(Cl)c(F)c4Cl)CC3)CC2)cc1. The fourth-order valence-electron chi connectivity index (χ4n) is 4.53. The zero-order valence-electron chi connectivity index (χ0n) is 19.3. The maximum Gasteiger partial charge on any atom is 0.331 e. The average Bonchev–Trinajstić information content (AvgIpc) is 2.85. The number of benzene rings is 2. The zero-order chi connectivity index (χ0) is 25.2. The summed E-state index contributed by atoms with van der Waals surface area (Å²) in [6, 6.07) is 9.10. The van der Waals surface area contributed by atoms with Crippen LogP contribution in [0.15, 0.2) is 41.3 Å². The molecule has 2 saturated heterocycles. The van der Waals surface area contributed by atoms with E-state index in [1.807, 2.05) is 6.92 Å². The first kappa shape index (κ1) is 26.0. The second-order valence-electron chi connectivity index (χ2n) is 8.97. The Morgan fingerprint density at radius 1 is 1.00 bits per heavy atom. The standard InChI is InChI=1S/C24H28Cl2FN3O4S/c1-16-2-4-19(5-3-16)35(32,33)28-24(31)30-12-8-17(9-13-30)29-14-10-18(11-15-29)34-21-7-6-20(25)23(27)22(21)26/h2-7,17-18H,8-15H2,1H3,(H,28,31). The minimum atomic E-state index is -3.91. The van der Waals surface area contributed by atoms with Gasteiger partial charge in [-0.05, 0) is 56.9 Å². The second kappa shape index (κ2) is 10.9. The molecular weight excluding hydrogens is 516 g/mol. The molecule has 1 N–H and O–H groups in total. The van der Waals surface area contributed by atoms with Gasteiger partial charge in [-0.2, -0.15) is 0 Å². The van der Waals surface area contributed by atoms with Crippen molar-refractivity contribution in [2.24, 2.45) is 0 Å². The number of amides is 2. The van der Waals surface area contributed by atoms with Crippen molar-refractivity contribution >= 4 is 39.3 Å². The molecule has 190 valence electrons. The van der Waals surface area contributed by atoms with Gasteiger partial charge in [0.15, 0.2) is 5.82 Å². The fraction of sp³-hybridized carbons (Fsp3) is 0.458. The second-order valence-corrected chi connectivity index (χ2v) is 11.4. The summed E-state index contributed by atoms with van der Waals surface area (Å²) in [5.41, 5.74) is 0.940. The predicted molar refractivity (Wildman–Crippen MR) is 133 cm³/mol. The normalized spacial score (nSPS) is 18.5. The lowest BCUT2D eigenvalue weighted by Crippen LogP contribution is -2.52. The predicted octanol–water partition coefficient (Wildman–Crippen LogP) is 4.85. The van der Waals surface area contributed by atoms with Gasteiger partial charge in [-0.25, -0.2) is 22.3 Å². The number of urea groups is 1. The highest BCUT2D eigenvalue weighted by molar-refractivity contribution is 7.90. The minimum Gasteiger partial charge on any atom is -0.489 e. The molecule has 2 aliphatic heterocycles. The quantitative estimate of drug-likeness (QED) is 0.545. The Balaban J connectivity index is 1.24. The van der Waals surface area contributed by atoms with Gasteiger partial charge in [0.2, 0.25) is 0 Å². The monoisotopic (exact) mass is 543 g/mol. The number of piperidine rings is 2. The van der Waals surface area contributed by atoms with Crippen LogP contribution in [-0.2, 0) is 10.0 Å². The Morgan fingerprint density at radius 3 is 2.26 bits per heavy atom. The Morgan fingerprint density at radius 2 is 1.63 bits per heavy atom. The first-order chi connectivity index (χ1) is 16.6. The lowest BCUT2D eigenvalue weighted by Gasteiger charge is -2.41. The molecule has 0 bridgehead atoms. The molecule has 2 amide bonds. The molecule has 0 saturated carbocycles. The van der Waals surface area contributed by atoms with Gasteiger partial charge in [-0.3, -0.25) is 4.90 Å². The molecule has 35 heavy (non-hydrogen) atoms. The van der Waals surface area contributed by atoms with E-state index in [2.05, 4.69) is 9.62 Å². The van der Waals surface area contributed by atoms with Crippen LogP contribution in [0.25, 0.3) is 0 Å². The van der Waals surface area contributed by atoms with Gasteiger partial charge in [0.1, 0.15) is 16.9 Å². The van der Waals surface area contributed by atoms with Crippen LogP contribution in [0.3, 0.4) is 0 Å². The van der Waals surface area contributed by atoms with Crippen molar-refractivity contribution in [3.8, 4) is 5.75 Å². The molecule has 7 nitrogen and oxygen atoms in total. The molecule has 2 heterocycles. The summed E-state index contributed by atoms with van der Waals surface area (Å²) in [5.74, 6) is -0.377. The number of sulfonamides is 1. The van der Waals surface area contributed by atoms with Crippen LogP contribution in [0, 0.1) is 12.7 Å². The summed E-state index contributed by atoms with van der Waals surface area (Å²) >= 11 is 11.8. The number of rotatable bonds is 5. The minimum absolute atomic E-state index is 0.0371. The highest BCUT2D eigenvalue weighted by Crippen LogP contribution is 2.34. The van der Waals surface area contributed by atoms with E-state index < -0.39 is 21.9 Å². The number of likely N-dealkylation sites (tertiary alicyclic amines) is 2. The van der Waals surface area contributed by atoms with Crippen LogP contribution in [0.5, 0.6) is 5.75 Å². The Bertz CT molecular complexity index is 1160. The van der Waals surface area contributed by atoms with Crippen molar-refractivity contribution < 1.29 is 22.3 Å². The number of carbonyl (C=O) groups is 1. The van der Waals surface area contributed by atoms with Crippen LogP contribution >= 0.6 is 23.2 Å². The van der Waals surface area contributed by atoms with Crippen molar-refractivity contribution in [1.82, 2.24) is 14.5 Å². The number of nitrogens with zero attached hydrogens (tertiary/aromatic N) is 2. The third-order valence-electron chi connectivity index (χ3n) is 6.59. The fourth-order valence-corrected chi connectivity index (χ4v) is 5.91. The van der Waals surface area contributed by atoms with E-state index in [1.54, 1.807) is 23.1 Å². The number of hydrogen-bond acceptors (Lipinski definition) is 5. The molecule has 0 radical (unpaired) electrons. The summed E-state index contributed by atoms with van der Waals surface area (Å²) in [6.07, 6.45) is 3.00. The van der Waals surface area contributed by atoms with Crippen LogP contribution < -0.4 is 9.46 Å². The highest BCUT2D eigenvalue weighted by atomic mass is 35.5. The number of ether oxygens (including phenoxy) is 1. The first-order valence-electron chi connectivity index (χ1n) is 11.6. The van der Waals surface area contributed by atoms with Gasteiger partial charge in [0.05, 0.1) is 9.92 Å². The third-order valence-corrected chi connectivity index (χ3v) is 8.57. The molecule has 0 aromatic heterocycles. The van der Waals surface area contributed by atoms with Crippen molar-refractivity contribution in [3.05, 3.63) is 57.8 Å². The number of halogens is 3. The van der Waals surface area contributed by atoms with Gasteiger partial charge in [0, 0.05) is 32.2 Å². The summed E-state index contributed by atoms with van der Waals surface area (Å²) in [4.78, 5) is 16.6. The van der Waals surface area contributed by atoms with Crippen molar-refractivity contribution in [2.45, 2.75) is 49.6 Å². The summed E-state index contributed by atoms with van der Waals surface area (Å²) in [7, 11) is -3.91. The van der Waals surface area contributed by atoms with Crippen molar-refractivity contribution in [1.29, 1.82) is 0 Å². The Labute approximate surface area is 215 Å². The number of nitrogens with one attached hydrogen (secondary N) is 1. The molecule has 0 aliphatic carbocycles. The number of hydrogen-bond donors (Lipinski definition) is 1. The molecule has 2 aromatic carbocycles. The molecular formula is C24H28Cl2FN3O4S. The largest absolute Gasteiger partial charge is 0.489 e. The van der Waals surface area contributed by atoms with Crippen LogP contribution in [0.1, 0.15) is 31.2 Å². The Hall–Kier alpha value is -2.07. The van der Waals surface area contributed by atoms with Gasteiger partial charge >= 0.3 is 6.03 Å². The maximum atomic E-state index is 13.9. The van der Waals surface area contributed by atoms with Gasteiger partial charge in [0.25, 0.3) is 10.0 Å². The van der Waals surface area contributed by atoms with Crippen LogP contribution in [-0.4, -0.2) is 62.6 Å². The van der Waals surface area contributed by atoms with Crippen LogP contribution in [0.4, 0.5) is 9.18 Å². The summed E-state index contributed by atoms with van der Waals surface area (Å²) < 4.78 is 47.0. The first-order valence-corrected chi connectivity index (χ1v) is 13.8. The van der Waals surface area contributed by atoms with Gasteiger partial charge in [-0.15, -0.1) is 0 Å². The lowest BCUT2D eigenvalue weighted by atomic mass is 9.99. The van der Waals surface area contributed by atoms with E-state index in [-0.39, 0.29) is 21.0 Å². The van der Waals surface area contributed by atoms with E-state index in [0.29, 0.717) is 24.9 Å². The van der Waals surface area contributed by atoms with Crippen LogP contribution in [0.2, 0.25) is 10.0 Å². The molecule has 11 heteroatoms. The molecule has 2 aromatic rings. The Kier molecular flexibility index (Phi) is 8.10. The highest BCUT2D eigenvalue weighted by Gasteiger charge is 2.31. The summed E-state index contributed by atoms with van der Waals surface area (Å²) in [5, 5.41) is -0.139. The molecule has 0 spiro atoms. The maximum absolute atomic E-state index is 13.9. The average molecular weight is 544 g/mol. The number of carbonyl (C=O) groups excluding carboxylic acids is 1. The number of aryl methyl sites for hydroxylation is 1. The molecule has 0 unspecified atom stereocenters. The van der Waals surface area contributed by atoms with Gasteiger partial charge < -0.3 is 9.64 Å². The van der Waals surface area contributed by atoms with Crippen molar-refractivity contribution in [3.63, 3.8) is 0 Å². The van der Waals surface area contributed by atoms with E-state index >= 15 is 0 Å². The zero-order valence-corrected chi connectivity index (χ0v) is 21.7. The molecule has 4 rings (SSSR count). The van der Waals surface area contributed by atoms with E-state index in [0.717, 1.165) is 44.3 Å². The van der Waals surface area contributed by atoms with E-state index in [1.165, 1.54) is 18.2 Å². The van der Waals surface area contributed by atoms with Gasteiger partial charge in [-0.1, -0.05) is 40.9 Å². The smallest absolute Gasteiger partial charge is 0.331 e. The lowest BCUT2D eigenvalue weighted by molar-refractivity contribution is 0.0539.